The first kappa shape index (κ1) is 14.2. The van der Waals surface area contributed by atoms with Crippen LogP contribution < -0.4 is 4.72 Å². The zero-order valence-corrected chi connectivity index (χ0v) is 11.0. The Morgan fingerprint density at radius 1 is 1.24 bits per heavy atom. The van der Waals surface area contributed by atoms with E-state index in [2.05, 4.69) is 4.72 Å². The molecule has 0 aliphatic rings. The Hall–Kier alpha value is -0.910. The molecule has 0 saturated heterocycles. The van der Waals surface area contributed by atoms with Gasteiger partial charge < -0.3 is 5.11 Å². The number of sulfonamides is 1. The fourth-order valence-corrected chi connectivity index (χ4v) is 3.27. The van der Waals surface area contributed by atoms with E-state index < -0.39 is 10.0 Å². The number of nitrogens with one attached hydrogen (secondary N) is 1. The summed E-state index contributed by atoms with van der Waals surface area (Å²) in [4.78, 5) is 0.161. The maximum Gasteiger partial charge on any atom is 0.241 e. The molecule has 96 valence electrons. The van der Waals surface area contributed by atoms with E-state index in [1.165, 1.54) is 6.07 Å². The van der Waals surface area contributed by atoms with Crippen LogP contribution in [0.3, 0.4) is 0 Å². The molecule has 0 aliphatic carbocycles. The molecule has 2 N–H and O–H groups in total. The largest absolute Gasteiger partial charge is 0.392 e. The Bertz CT molecular complexity index is 453. The van der Waals surface area contributed by atoms with Gasteiger partial charge in [0.05, 0.1) is 11.5 Å². The third kappa shape index (κ3) is 3.52. The summed E-state index contributed by atoms with van der Waals surface area (Å²) in [6.45, 7) is 3.60. The van der Waals surface area contributed by atoms with Crippen molar-refractivity contribution in [3.63, 3.8) is 0 Å². The lowest BCUT2D eigenvalue weighted by atomic mass is 10.2. The van der Waals surface area contributed by atoms with Crippen molar-refractivity contribution in [3.8, 4) is 0 Å². The summed E-state index contributed by atoms with van der Waals surface area (Å²) in [5.41, 5.74) is 0.422. The van der Waals surface area contributed by atoms with Gasteiger partial charge in [0.15, 0.2) is 0 Å². The highest BCUT2D eigenvalue weighted by Gasteiger charge is 2.20. The molecule has 5 heteroatoms. The smallest absolute Gasteiger partial charge is 0.241 e. The summed E-state index contributed by atoms with van der Waals surface area (Å²) in [6.07, 6.45) is 1.49. The van der Waals surface area contributed by atoms with Crippen LogP contribution in [0.25, 0.3) is 0 Å². The fourth-order valence-electron chi connectivity index (χ4n) is 1.63. The second-order valence-corrected chi connectivity index (χ2v) is 5.58. The molecule has 17 heavy (non-hydrogen) atoms. The number of aliphatic hydroxyl groups is 1. The second-order valence-electron chi connectivity index (χ2n) is 3.90. The number of hydrogen-bond acceptors (Lipinski definition) is 3. The van der Waals surface area contributed by atoms with Crippen LogP contribution in [0.4, 0.5) is 0 Å². The van der Waals surface area contributed by atoms with E-state index in [1.54, 1.807) is 18.2 Å². The van der Waals surface area contributed by atoms with Gasteiger partial charge in [0.2, 0.25) is 10.0 Å². The van der Waals surface area contributed by atoms with E-state index in [9.17, 15) is 8.42 Å². The highest BCUT2D eigenvalue weighted by molar-refractivity contribution is 7.89. The van der Waals surface area contributed by atoms with Crippen molar-refractivity contribution in [2.45, 2.75) is 44.2 Å². The van der Waals surface area contributed by atoms with Gasteiger partial charge >= 0.3 is 0 Å². The van der Waals surface area contributed by atoms with Crippen LogP contribution in [-0.4, -0.2) is 19.6 Å². The predicted octanol–water partition coefficient (Wildman–Crippen LogP) is 1.65. The SMILES string of the molecule is CCC(CC)NS(=O)(=O)c1ccccc1CO. The van der Waals surface area contributed by atoms with Crippen molar-refractivity contribution in [1.82, 2.24) is 4.72 Å². The molecule has 0 aliphatic heterocycles. The molecule has 4 nitrogen and oxygen atoms in total. The summed E-state index contributed by atoms with van der Waals surface area (Å²) in [7, 11) is -3.54. The van der Waals surface area contributed by atoms with E-state index in [0.717, 1.165) is 12.8 Å². The van der Waals surface area contributed by atoms with Crippen LogP contribution in [0.1, 0.15) is 32.3 Å². The maximum absolute atomic E-state index is 12.1. The normalized spacial score (nSPS) is 12.0. The summed E-state index contributed by atoms with van der Waals surface area (Å²) in [6, 6.07) is 6.42. The molecule has 1 rings (SSSR count). The van der Waals surface area contributed by atoms with Crippen molar-refractivity contribution < 1.29 is 13.5 Å². The first-order valence-electron chi connectivity index (χ1n) is 5.76. The lowest BCUT2D eigenvalue weighted by Gasteiger charge is -2.16. The molecule has 0 atom stereocenters. The highest BCUT2D eigenvalue weighted by atomic mass is 32.2. The molecule has 0 bridgehead atoms. The van der Waals surface area contributed by atoms with E-state index in [-0.39, 0.29) is 17.5 Å². The topological polar surface area (TPSA) is 66.4 Å². The average Bonchev–Trinajstić information content (AvgIpc) is 2.35. The molecule has 0 aromatic heterocycles. The summed E-state index contributed by atoms with van der Waals surface area (Å²) >= 11 is 0. The Morgan fingerprint density at radius 3 is 2.35 bits per heavy atom. The molecule has 0 radical (unpaired) electrons. The molecule has 1 aromatic carbocycles. The van der Waals surface area contributed by atoms with Gasteiger partial charge in [-0.05, 0) is 24.5 Å². The van der Waals surface area contributed by atoms with Gasteiger partial charge in [0.1, 0.15) is 0 Å². The Balaban J connectivity index is 3.04. The van der Waals surface area contributed by atoms with Crippen LogP contribution in [0.15, 0.2) is 29.2 Å². The predicted molar refractivity (Wildman–Crippen MR) is 67.1 cm³/mol. The third-order valence-electron chi connectivity index (χ3n) is 2.74. The third-order valence-corrected chi connectivity index (χ3v) is 4.36. The molecule has 0 heterocycles. The standard InChI is InChI=1S/C12H19NO3S/c1-3-11(4-2)13-17(15,16)12-8-6-5-7-10(12)9-14/h5-8,11,13-14H,3-4,9H2,1-2H3. The first-order chi connectivity index (χ1) is 8.05. The Morgan fingerprint density at radius 2 is 1.82 bits per heavy atom. The zero-order valence-electron chi connectivity index (χ0n) is 10.2. The molecule has 1 aromatic rings. The van der Waals surface area contributed by atoms with Crippen molar-refractivity contribution in [3.05, 3.63) is 29.8 Å². The number of benzene rings is 1. The lowest BCUT2D eigenvalue weighted by Crippen LogP contribution is -2.34. The zero-order chi connectivity index (χ0) is 12.9. The maximum atomic E-state index is 12.1. The molecular weight excluding hydrogens is 238 g/mol. The van der Waals surface area contributed by atoms with Gasteiger partial charge in [0, 0.05) is 6.04 Å². The summed E-state index contributed by atoms with van der Waals surface area (Å²) in [5.74, 6) is 0. The minimum Gasteiger partial charge on any atom is -0.392 e. The summed E-state index contributed by atoms with van der Waals surface area (Å²) < 4.78 is 26.9. The lowest BCUT2D eigenvalue weighted by molar-refractivity contribution is 0.278. The van der Waals surface area contributed by atoms with Gasteiger partial charge in [-0.25, -0.2) is 13.1 Å². The number of rotatable bonds is 6. The molecule has 0 saturated carbocycles. The molecular formula is C12H19NO3S. The Kier molecular flexibility index (Phi) is 5.11. The molecule has 0 unspecified atom stereocenters. The van der Waals surface area contributed by atoms with E-state index in [4.69, 9.17) is 5.11 Å². The van der Waals surface area contributed by atoms with Crippen LogP contribution >= 0.6 is 0 Å². The highest BCUT2D eigenvalue weighted by Crippen LogP contribution is 2.16. The Labute approximate surface area is 103 Å². The van der Waals surface area contributed by atoms with E-state index in [0.29, 0.717) is 5.56 Å². The molecule has 0 amide bonds. The van der Waals surface area contributed by atoms with Crippen LogP contribution in [0, 0.1) is 0 Å². The van der Waals surface area contributed by atoms with Gasteiger partial charge in [-0.15, -0.1) is 0 Å². The summed E-state index contributed by atoms with van der Waals surface area (Å²) in [5, 5.41) is 9.14. The number of aliphatic hydroxyl groups excluding tert-OH is 1. The quantitative estimate of drug-likeness (QED) is 0.814. The molecule has 0 fully saturated rings. The van der Waals surface area contributed by atoms with E-state index >= 15 is 0 Å². The number of hydrogen-bond donors (Lipinski definition) is 2. The fraction of sp³-hybridized carbons (Fsp3) is 0.500. The minimum absolute atomic E-state index is 0.0632. The van der Waals surface area contributed by atoms with Crippen molar-refractivity contribution in [2.24, 2.45) is 0 Å². The van der Waals surface area contributed by atoms with Gasteiger partial charge in [-0.3, -0.25) is 0 Å². The van der Waals surface area contributed by atoms with E-state index in [1.807, 2.05) is 13.8 Å². The second kappa shape index (κ2) is 6.14. The van der Waals surface area contributed by atoms with Gasteiger partial charge in [0.25, 0.3) is 0 Å². The monoisotopic (exact) mass is 257 g/mol. The van der Waals surface area contributed by atoms with Crippen LogP contribution in [0.2, 0.25) is 0 Å². The minimum atomic E-state index is -3.54. The van der Waals surface area contributed by atoms with Gasteiger partial charge in [-0.1, -0.05) is 32.0 Å². The molecule has 0 spiro atoms. The van der Waals surface area contributed by atoms with Crippen molar-refractivity contribution in [1.29, 1.82) is 0 Å². The van der Waals surface area contributed by atoms with Gasteiger partial charge in [-0.2, -0.15) is 0 Å². The van der Waals surface area contributed by atoms with Crippen LogP contribution in [0.5, 0.6) is 0 Å². The average molecular weight is 257 g/mol. The van der Waals surface area contributed by atoms with Crippen molar-refractivity contribution >= 4 is 10.0 Å². The first-order valence-corrected chi connectivity index (χ1v) is 7.24. The van der Waals surface area contributed by atoms with Crippen molar-refractivity contribution in [2.75, 3.05) is 0 Å². The van der Waals surface area contributed by atoms with Crippen LogP contribution in [-0.2, 0) is 16.6 Å².